The molecule has 0 bridgehead atoms. The molecule has 0 amide bonds. The third kappa shape index (κ3) is 4.56. The minimum absolute atomic E-state index is 0.0844. The Labute approximate surface area is 204 Å². The molecule has 3 aliphatic rings. The maximum absolute atomic E-state index is 13.4. The van der Waals surface area contributed by atoms with Crippen LogP contribution in [0.1, 0.15) is 31.4 Å². The molecule has 1 spiro atoms. The number of alkyl halides is 3. The van der Waals surface area contributed by atoms with E-state index in [9.17, 15) is 21.6 Å². The van der Waals surface area contributed by atoms with E-state index in [-0.39, 0.29) is 32.8 Å². The first kappa shape index (κ1) is 24.5. The average molecular weight is 531 g/mol. The van der Waals surface area contributed by atoms with Gasteiger partial charge in [-0.25, -0.2) is 31.3 Å². The highest BCUT2D eigenvalue weighted by Gasteiger charge is 2.47. The van der Waals surface area contributed by atoms with E-state index in [2.05, 4.69) is 9.71 Å². The number of nitrogens with zero attached hydrogens (tertiary/aromatic N) is 3. The Bertz CT molecular complexity index is 1280. The topological polar surface area (TPSA) is 124 Å². The fraction of sp³-hybridized carbons (Fsp3) is 0.571. The van der Waals surface area contributed by atoms with Crippen LogP contribution in [-0.2, 0) is 14.8 Å². The van der Waals surface area contributed by atoms with Crippen LogP contribution in [0, 0.1) is 16.2 Å². The number of halogens is 3. The largest absolute Gasteiger partial charge is 0.380 e. The lowest BCUT2D eigenvalue weighted by atomic mass is 9.77. The van der Waals surface area contributed by atoms with E-state index in [0.29, 0.717) is 50.5 Å². The standard InChI is InChI=1S/C21H25F3N6O3S2/c22-10-21(1-2-21)28-35(31,32)13-7-14(29-5-3-20(4-6-29)11-33-12-20)19-27-8-15(30(19)9-13)17(25)34-18(26)16(23)24/h7-9,16,25-26,28H,1-6,10-12H2. The number of pyridine rings is 1. The monoisotopic (exact) mass is 530 g/mol. The maximum atomic E-state index is 13.4. The molecule has 1 aliphatic carbocycles. The molecule has 35 heavy (non-hydrogen) atoms. The molecule has 2 aliphatic heterocycles. The molecule has 9 nitrogen and oxygen atoms in total. The van der Waals surface area contributed by atoms with Crippen molar-refractivity contribution >= 4 is 43.2 Å². The Kier molecular flexibility index (Phi) is 6.13. The summed E-state index contributed by atoms with van der Waals surface area (Å²) in [4.78, 5) is 6.26. The summed E-state index contributed by atoms with van der Waals surface area (Å²) in [6, 6.07) is 1.50. The van der Waals surface area contributed by atoms with Gasteiger partial charge in [-0.1, -0.05) is 0 Å². The molecule has 2 aromatic heterocycles. The molecule has 4 heterocycles. The van der Waals surface area contributed by atoms with Crippen LogP contribution in [0.2, 0.25) is 0 Å². The van der Waals surface area contributed by atoms with E-state index in [4.69, 9.17) is 15.6 Å². The zero-order chi connectivity index (χ0) is 25.0. The van der Waals surface area contributed by atoms with E-state index in [1.54, 1.807) is 0 Å². The molecule has 2 aromatic rings. The molecule has 190 valence electrons. The normalized spacial score (nSPS) is 20.9. The molecule has 14 heteroatoms. The van der Waals surface area contributed by atoms with E-state index in [1.807, 2.05) is 4.90 Å². The van der Waals surface area contributed by atoms with Crippen molar-refractivity contribution in [1.29, 1.82) is 10.8 Å². The number of ether oxygens (including phenoxy) is 1. The van der Waals surface area contributed by atoms with Gasteiger partial charge in [0.25, 0.3) is 6.43 Å². The first-order valence-corrected chi connectivity index (χ1v) is 13.4. The van der Waals surface area contributed by atoms with E-state index < -0.39 is 33.7 Å². The van der Waals surface area contributed by atoms with Crippen LogP contribution in [0.3, 0.4) is 0 Å². The Balaban J connectivity index is 1.55. The molecule has 0 aromatic carbocycles. The summed E-state index contributed by atoms with van der Waals surface area (Å²) < 4.78 is 74.8. The number of sulfonamides is 1. The van der Waals surface area contributed by atoms with Gasteiger partial charge in [0, 0.05) is 24.7 Å². The van der Waals surface area contributed by atoms with Crippen LogP contribution in [0.5, 0.6) is 0 Å². The Morgan fingerprint density at radius 2 is 1.91 bits per heavy atom. The van der Waals surface area contributed by atoms with Crippen molar-refractivity contribution in [3.05, 3.63) is 24.2 Å². The number of anilines is 1. The van der Waals surface area contributed by atoms with E-state index in [1.165, 1.54) is 22.9 Å². The minimum Gasteiger partial charge on any atom is -0.380 e. The lowest BCUT2D eigenvalue weighted by Crippen LogP contribution is -2.51. The summed E-state index contributed by atoms with van der Waals surface area (Å²) in [5, 5.41) is 14.3. The van der Waals surface area contributed by atoms with Gasteiger partial charge in [-0.2, -0.15) is 0 Å². The predicted molar refractivity (Wildman–Crippen MR) is 126 cm³/mol. The molecular formula is C21H25F3N6O3S2. The first-order valence-electron chi connectivity index (χ1n) is 11.1. The fourth-order valence-electron chi connectivity index (χ4n) is 4.46. The van der Waals surface area contributed by atoms with Crippen molar-refractivity contribution in [2.75, 3.05) is 37.9 Å². The number of nitrogens with one attached hydrogen (secondary N) is 3. The van der Waals surface area contributed by atoms with Crippen molar-refractivity contribution in [3.63, 3.8) is 0 Å². The van der Waals surface area contributed by atoms with Crippen LogP contribution < -0.4 is 9.62 Å². The van der Waals surface area contributed by atoms with E-state index >= 15 is 0 Å². The van der Waals surface area contributed by atoms with Crippen molar-refractivity contribution in [2.45, 2.75) is 42.5 Å². The number of piperidine rings is 1. The number of fused-ring (bicyclic) bond motifs is 1. The summed E-state index contributed by atoms with van der Waals surface area (Å²) in [6.07, 6.45) is 2.09. The maximum Gasteiger partial charge on any atom is 0.285 e. The SMILES string of the molecule is N=C(SC(=N)C(F)F)c1cnc2c(N3CCC4(CC3)COC4)cc(S(=O)(=O)NC3(CF)CC3)cn12. The Morgan fingerprint density at radius 1 is 1.23 bits per heavy atom. The first-order chi connectivity index (χ1) is 16.6. The number of imidazole rings is 1. The summed E-state index contributed by atoms with van der Waals surface area (Å²) in [5.41, 5.74) is 0.0389. The van der Waals surface area contributed by atoms with Crippen LogP contribution in [0.4, 0.5) is 18.9 Å². The van der Waals surface area contributed by atoms with Gasteiger partial charge < -0.3 is 9.64 Å². The highest BCUT2D eigenvalue weighted by atomic mass is 32.2. The molecule has 5 rings (SSSR count). The molecule has 0 radical (unpaired) electrons. The fourth-order valence-corrected chi connectivity index (χ4v) is 6.48. The number of thioether (sulfide) groups is 1. The minimum atomic E-state index is -4.12. The molecule has 3 fully saturated rings. The van der Waals surface area contributed by atoms with Crippen LogP contribution in [-0.4, -0.2) is 72.8 Å². The molecule has 3 N–H and O–H groups in total. The summed E-state index contributed by atoms with van der Waals surface area (Å²) in [5.74, 6) is 0. The quantitative estimate of drug-likeness (QED) is 0.374. The molecule has 0 atom stereocenters. The second-order valence-corrected chi connectivity index (χ2v) is 12.2. The Hall–Kier alpha value is -2.16. The summed E-state index contributed by atoms with van der Waals surface area (Å²) in [7, 11) is -4.12. The van der Waals surface area contributed by atoms with Gasteiger partial charge in [0.1, 0.15) is 21.7 Å². The molecular weight excluding hydrogens is 505 g/mol. The summed E-state index contributed by atoms with van der Waals surface area (Å²) >= 11 is 0.283. The van der Waals surface area contributed by atoms with Crippen molar-refractivity contribution < 1.29 is 26.3 Å². The second kappa shape index (κ2) is 8.75. The Morgan fingerprint density at radius 3 is 2.46 bits per heavy atom. The van der Waals surface area contributed by atoms with Gasteiger partial charge in [0.15, 0.2) is 5.65 Å². The molecule has 0 unspecified atom stereocenters. The van der Waals surface area contributed by atoms with Gasteiger partial charge in [0.2, 0.25) is 10.0 Å². The lowest BCUT2D eigenvalue weighted by Gasteiger charge is -2.47. The average Bonchev–Trinajstić information content (AvgIpc) is 3.43. The highest BCUT2D eigenvalue weighted by Crippen LogP contribution is 2.41. The molecule has 1 saturated carbocycles. The smallest absolute Gasteiger partial charge is 0.285 e. The number of hydrogen-bond donors (Lipinski definition) is 3. The van der Waals surface area contributed by atoms with E-state index in [0.717, 1.165) is 12.8 Å². The van der Waals surface area contributed by atoms with Crippen LogP contribution in [0.25, 0.3) is 5.65 Å². The number of aromatic nitrogens is 2. The zero-order valence-corrected chi connectivity index (χ0v) is 20.3. The highest BCUT2D eigenvalue weighted by molar-refractivity contribution is 8.26. The van der Waals surface area contributed by atoms with Crippen molar-refractivity contribution in [3.8, 4) is 0 Å². The van der Waals surface area contributed by atoms with Crippen LogP contribution in [0.15, 0.2) is 23.4 Å². The van der Waals surface area contributed by atoms with Crippen molar-refractivity contribution in [1.82, 2.24) is 14.1 Å². The van der Waals surface area contributed by atoms with Crippen molar-refractivity contribution in [2.24, 2.45) is 5.41 Å². The van der Waals surface area contributed by atoms with Crippen LogP contribution >= 0.6 is 11.8 Å². The second-order valence-electron chi connectivity index (χ2n) is 9.49. The third-order valence-electron chi connectivity index (χ3n) is 6.96. The zero-order valence-electron chi connectivity index (χ0n) is 18.7. The summed E-state index contributed by atoms with van der Waals surface area (Å²) in [6.45, 7) is 1.89. The lowest BCUT2D eigenvalue weighted by molar-refractivity contribution is -0.124. The van der Waals surface area contributed by atoms with Gasteiger partial charge >= 0.3 is 0 Å². The predicted octanol–water partition coefficient (Wildman–Crippen LogP) is 3.03. The number of hydrogen-bond acceptors (Lipinski definition) is 8. The van der Waals surface area contributed by atoms with Gasteiger partial charge in [-0.3, -0.25) is 15.2 Å². The van der Waals surface area contributed by atoms with Gasteiger partial charge in [0.05, 0.1) is 36.3 Å². The van der Waals surface area contributed by atoms with Gasteiger partial charge in [-0.15, -0.1) is 0 Å². The molecule has 2 saturated heterocycles. The van der Waals surface area contributed by atoms with Gasteiger partial charge in [-0.05, 0) is 43.5 Å². The third-order valence-corrected chi connectivity index (χ3v) is 9.31. The number of rotatable bonds is 7.